The fourth-order valence-corrected chi connectivity index (χ4v) is 6.22. The Bertz CT molecular complexity index is 843. The van der Waals surface area contributed by atoms with Crippen LogP contribution in [0, 0.1) is 5.92 Å². The quantitative estimate of drug-likeness (QED) is 0.732. The van der Waals surface area contributed by atoms with Crippen LogP contribution in [-0.4, -0.2) is 46.9 Å². The Hall–Kier alpha value is -1.72. The van der Waals surface area contributed by atoms with Gasteiger partial charge >= 0.3 is 0 Å². The third-order valence-corrected chi connectivity index (χ3v) is 8.46. The number of benzene rings is 2. The molecule has 2 aliphatic carbocycles. The highest BCUT2D eigenvalue weighted by Crippen LogP contribution is 2.48. The van der Waals surface area contributed by atoms with Crippen LogP contribution in [0.1, 0.15) is 56.1 Å². The number of aliphatic hydroxyl groups is 1. The molecule has 5 rings (SSSR count). The Labute approximate surface area is 187 Å². The molecule has 166 valence electrons. The zero-order valence-electron chi connectivity index (χ0n) is 18.8. The number of aliphatic hydroxyl groups excluding tert-OH is 1. The van der Waals surface area contributed by atoms with Crippen molar-refractivity contribution >= 4 is 0 Å². The molecule has 31 heavy (non-hydrogen) atoms. The number of nitrogens with zero attached hydrogens (tertiary/aromatic N) is 2. The molecule has 4 heteroatoms. The lowest BCUT2D eigenvalue weighted by molar-refractivity contribution is -0.100. The van der Waals surface area contributed by atoms with Crippen molar-refractivity contribution in [3.05, 3.63) is 71.8 Å². The summed E-state index contributed by atoms with van der Waals surface area (Å²) >= 11 is 0. The van der Waals surface area contributed by atoms with Gasteiger partial charge < -0.3 is 10.4 Å². The maximum absolute atomic E-state index is 11.4. The maximum atomic E-state index is 11.4. The van der Waals surface area contributed by atoms with Crippen molar-refractivity contribution in [2.24, 2.45) is 5.92 Å². The van der Waals surface area contributed by atoms with Gasteiger partial charge in [0.25, 0.3) is 0 Å². The molecule has 1 unspecified atom stereocenters. The van der Waals surface area contributed by atoms with Gasteiger partial charge in [-0.3, -0.25) is 9.80 Å². The molecule has 0 aromatic heterocycles. The van der Waals surface area contributed by atoms with Crippen molar-refractivity contribution in [2.75, 3.05) is 20.1 Å². The number of hydrogen-bond donors (Lipinski definition) is 2. The fraction of sp³-hybridized carbons (Fsp3) is 0.556. The first-order valence-electron chi connectivity index (χ1n) is 12.1. The lowest BCUT2D eigenvalue weighted by atomic mass is 9.68. The Kier molecular flexibility index (Phi) is 5.91. The molecule has 1 heterocycles. The minimum absolute atomic E-state index is 0.0481. The van der Waals surface area contributed by atoms with Crippen molar-refractivity contribution in [1.29, 1.82) is 0 Å². The van der Waals surface area contributed by atoms with Gasteiger partial charge in [-0.1, -0.05) is 67.1 Å². The van der Waals surface area contributed by atoms with Crippen LogP contribution in [0.4, 0.5) is 0 Å². The van der Waals surface area contributed by atoms with Crippen molar-refractivity contribution in [2.45, 2.75) is 68.9 Å². The normalized spacial score (nSPS) is 32.4. The second kappa shape index (κ2) is 8.67. The van der Waals surface area contributed by atoms with Gasteiger partial charge in [0.1, 0.15) is 0 Å². The van der Waals surface area contributed by atoms with Crippen LogP contribution in [0.15, 0.2) is 60.7 Å². The highest BCUT2D eigenvalue weighted by molar-refractivity contribution is 5.26. The molecule has 2 aromatic rings. The summed E-state index contributed by atoms with van der Waals surface area (Å²) in [5.74, 6) is 0.758. The van der Waals surface area contributed by atoms with E-state index in [-0.39, 0.29) is 11.1 Å². The molecular weight excluding hydrogens is 382 g/mol. The molecule has 1 saturated heterocycles. The first-order chi connectivity index (χ1) is 15.1. The van der Waals surface area contributed by atoms with Gasteiger partial charge in [0.05, 0.1) is 0 Å². The summed E-state index contributed by atoms with van der Waals surface area (Å²) in [6.45, 7) is 2.83. The Morgan fingerprint density at radius 3 is 2.16 bits per heavy atom. The average Bonchev–Trinajstić information content (AvgIpc) is 3.03. The monoisotopic (exact) mass is 419 g/mol. The van der Waals surface area contributed by atoms with Crippen LogP contribution >= 0.6 is 0 Å². The van der Waals surface area contributed by atoms with E-state index in [1.807, 2.05) is 0 Å². The highest BCUT2D eigenvalue weighted by Gasteiger charge is 2.54. The zero-order chi connectivity index (χ0) is 21.3. The lowest BCUT2D eigenvalue weighted by Crippen LogP contribution is -2.57. The standard InChI is InChI=1S/C27H37N3O/c1-28-27(24-13-6-3-7-14-24)17-15-26(16-18-27)21-29(19-22-9-4-2-5-10-22)25(31)30(26)20-23-11-8-12-23/h2-7,9-10,13-14,23,25,28,31H,8,11-12,15-21H2,1H3/t25?,26-,27+. The second-order valence-corrected chi connectivity index (χ2v) is 10.1. The zero-order valence-corrected chi connectivity index (χ0v) is 18.8. The smallest absolute Gasteiger partial charge is 0.166 e. The summed E-state index contributed by atoms with van der Waals surface area (Å²) in [6.07, 6.45) is 7.99. The van der Waals surface area contributed by atoms with Crippen molar-refractivity contribution in [3.63, 3.8) is 0 Å². The van der Waals surface area contributed by atoms with Crippen LogP contribution in [0.5, 0.6) is 0 Å². The number of nitrogens with one attached hydrogen (secondary N) is 1. The number of hydrogen-bond acceptors (Lipinski definition) is 4. The summed E-state index contributed by atoms with van der Waals surface area (Å²) in [4.78, 5) is 4.80. The first-order valence-corrected chi connectivity index (χ1v) is 12.1. The molecule has 2 saturated carbocycles. The van der Waals surface area contributed by atoms with E-state index in [0.29, 0.717) is 0 Å². The molecule has 3 fully saturated rings. The Balaban J connectivity index is 1.37. The second-order valence-electron chi connectivity index (χ2n) is 10.1. The fourth-order valence-electron chi connectivity index (χ4n) is 6.22. The van der Waals surface area contributed by atoms with E-state index in [2.05, 4.69) is 82.8 Å². The predicted octanol–water partition coefficient (Wildman–Crippen LogP) is 4.31. The van der Waals surface area contributed by atoms with E-state index in [1.54, 1.807) is 0 Å². The van der Waals surface area contributed by atoms with Gasteiger partial charge in [0, 0.05) is 30.7 Å². The van der Waals surface area contributed by atoms with Gasteiger partial charge in [-0.25, -0.2) is 0 Å². The average molecular weight is 420 g/mol. The molecular formula is C27H37N3O. The Morgan fingerprint density at radius 2 is 1.58 bits per heavy atom. The van der Waals surface area contributed by atoms with Crippen molar-refractivity contribution < 1.29 is 5.11 Å². The van der Waals surface area contributed by atoms with E-state index < -0.39 is 6.35 Å². The topological polar surface area (TPSA) is 38.7 Å². The summed E-state index contributed by atoms with van der Waals surface area (Å²) < 4.78 is 0. The lowest BCUT2D eigenvalue weighted by Gasteiger charge is -2.50. The molecule has 0 amide bonds. The molecule has 1 spiro atoms. The van der Waals surface area contributed by atoms with Crippen LogP contribution < -0.4 is 5.32 Å². The minimum atomic E-state index is -0.473. The Morgan fingerprint density at radius 1 is 0.935 bits per heavy atom. The third kappa shape index (κ3) is 3.95. The molecule has 2 N–H and O–H groups in total. The van der Waals surface area contributed by atoms with Gasteiger partial charge in [-0.05, 0) is 62.6 Å². The van der Waals surface area contributed by atoms with E-state index in [9.17, 15) is 5.11 Å². The van der Waals surface area contributed by atoms with Crippen LogP contribution in [0.25, 0.3) is 0 Å². The third-order valence-electron chi connectivity index (χ3n) is 8.46. The van der Waals surface area contributed by atoms with E-state index in [4.69, 9.17) is 0 Å². The van der Waals surface area contributed by atoms with E-state index in [1.165, 1.54) is 30.4 Å². The SMILES string of the molecule is CN[C@]1(c2ccccc2)CC[C@]2(CC1)CN(Cc1ccccc1)C(O)N2CC1CCC1. The molecule has 3 aliphatic rings. The van der Waals surface area contributed by atoms with Gasteiger partial charge in [0.2, 0.25) is 0 Å². The predicted molar refractivity (Wildman–Crippen MR) is 125 cm³/mol. The summed E-state index contributed by atoms with van der Waals surface area (Å²) in [6, 6.07) is 21.6. The molecule has 1 aliphatic heterocycles. The van der Waals surface area contributed by atoms with Gasteiger partial charge in [0.15, 0.2) is 6.35 Å². The molecule has 1 atom stereocenters. The molecule has 2 aromatic carbocycles. The minimum Gasteiger partial charge on any atom is -0.365 e. The molecule has 0 bridgehead atoms. The molecule has 0 radical (unpaired) electrons. The first kappa shape index (κ1) is 21.1. The summed E-state index contributed by atoms with van der Waals surface area (Å²) in [5.41, 5.74) is 2.81. The van der Waals surface area contributed by atoms with Gasteiger partial charge in [-0.15, -0.1) is 0 Å². The van der Waals surface area contributed by atoms with Crippen molar-refractivity contribution in [3.8, 4) is 0 Å². The van der Waals surface area contributed by atoms with Crippen molar-refractivity contribution in [1.82, 2.24) is 15.1 Å². The largest absolute Gasteiger partial charge is 0.365 e. The summed E-state index contributed by atoms with van der Waals surface area (Å²) in [7, 11) is 2.11. The van der Waals surface area contributed by atoms with Gasteiger partial charge in [-0.2, -0.15) is 0 Å². The van der Waals surface area contributed by atoms with Crippen LogP contribution in [0.3, 0.4) is 0 Å². The van der Waals surface area contributed by atoms with Crippen LogP contribution in [0.2, 0.25) is 0 Å². The van der Waals surface area contributed by atoms with Crippen LogP contribution in [-0.2, 0) is 12.1 Å². The maximum Gasteiger partial charge on any atom is 0.166 e. The summed E-state index contributed by atoms with van der Waals surface area (Å²) in [5, 5.41) is 15.1. The molecule has 4 nitrogen and oxygen atoms in total. The number of rotatable bonds is 6. The highest BCUT2D eigenvalue weighted by atomic mass is 16.3. The van der Waals surface area contributed by atoms with E-state index in [0.717, 1.165) is 51.2 Å². The van der Waals surface area contributed by atoms with E-state index >= 15 is 0 Å².